The Morgan fingerprint density at radius 3 is 2.40 bits per heavy atom. The summed E-state index contributed by atoms with van der Waals surface area (Å²) in [7, 11) is 3.96. The summed E-state index contributed by atoms with van der Waals surface area (Å²) in [5.41, 5.74) is 5.00. The Morgan fingerprint density at radius 1 is 0.952 bits per heavy atom. The van der Waals surface area contributed by atoms with E-state index in [1.165, 1.54) is 0 Å². The fourth-order valence-electron chi connectivity index (χ4n) is 5.27. The second kappa shape index (κ2) is 12.6. The molecule has 4 aromatic rings. The third-order valence-electron chi connectivity index (χ3n) is 7.57. The second-order valence-electron chi connectivity index (χ2n) is 10.8. The van der Waals surface area contributed by atoms with Crippen LogP contribution in [0.2, 0.25) is 0 Å². The molecule has 1 aromatic carbocycles. The monoisotopic (exact) mass is 567 g/mol. The van der Waals surface area contributed by atoms with Crippen molar-refractivity contribution in [3.05, 3.63) is 67.1 Å². The van der Waals surface area contributed by atoms with Crippen molar-refractivity contribution in [3.8, 4) is 11.3 Å². The highest BCUT2D eigenvalue weighted by Crippen LogP contribution is 2.31. The molecule has 1 amide bonds. The first kappa shape index (κ1) is 27.7. The van der Waals surface area contributed by atoms with Crippen molar-refractivity contribution in [2.24, 2.45) is 0 Å². The van der Waals surface area contributed by atoms with Crippen LogP contribution >= 0.6 is 0 Å². The van der Waals surface area contributed by atoms with Crippen LogP contribution in [-0.2, 0) is 9.53 Å². The van der Waals surface area contributed by atoms with Crippen LogP contribution in [0, 0.1) is 0 Å². The van der Waals surface area contributed by atoms with Crippen molar-refractivity contribution in [1.29, 1.82) is 0 Å². The average Bonchev–Trinajstić information content (AvgIpc) is 3.47. The predicted molar refractivity (Wildman–Crippen MR) is 166 cm³/mol. The number of fused-ring (bicyclic) bond motifs is 1. The lowest BCUT2D eigenvalue weighted by Crippen LogP contribution is -2.48. The maximum atomic E-state index is 12.4. The first-order valence-corrected chi connectivity index (χ1v) is 14.4. The summed E-state index contributed by atoms with van der Waals surface area (Å²) in [5.74, 6) is 1.74. The molecule has 5 heterocycles. The number of hydrogen-bond donors (Lipinski definition) is 2. The molecule has 0 bridgehead atoms. The number of morpholine rings is 1. The van der Waals surface area contributed by atoms with Gasteiger partial charge in [0.2, 0.25) is 11.9 Å². The fraction of sp³-hybridized carbons (Fsp3) is 0.355. The van der Waals surface area contributed by atoms with Gasteiger partial charge in [0, 0.05) is 74.9 Å². The summed E-state index contributed by atoms with van der Waals surface area (Å²) >= 11 is 0. The number of rotatable bonds is 8. The fourth-order valence-corrected chi connectivity index (χ4v) is 5.27. The molecule has 218 valence electrons. The molecule has 2 saturated heterocycles. The number of pyridine rings is 1. The summed E-state index contributed by atoms with van der Waals surface area (Å²) in [5, 5.41) is 4.52. The second-order valence-corrected chi connectivity index (χ2v) is 10.8. The van der Waals surface area contributed by atoms with E-state index in [0.29, 0.717) is 32.1 Å². The third-order valence-corrected chi connectivity index (χ3v) is 7.57. The van der Waals surface area contributed by atoms with Crippen LogP contribution in [0.4, 0.5) is 23.1 Å². The first-order chi connectivity index (χ1) is 20.5. The van der Waals surface area contributed by atoms with Gasteiger partial charge in [0.05, 0.1) is 36.8 Å². The van der Waals surface area contributed by atoms with Crippen molar-refractivity contribution in [3.63, 3.8) is 0 Å². The molecule has 2 aliphatic rings. The molecule has 11 nitrogen and oxygen atoms in total. The average molecular weight is 568 g/mol. The number of nitrogens with zero attached hydrogens (tertiary/aromatic N) is 7. The number of benzene rings is 1. The van der Waals surface area contributed by atoms with E-state index in [1.807, 2.05) is 42.2 Å². The zero-order chi connectivity index (χ0) is 28.9. The molecule has 11 heteroatoms. The maximum absolute atomic E-state index is 12.4. The predicted octanol–water partition coefficient (Wildman–Crippen LogP) is 3.37. The van der Waals surface area contributed by atoms with Gasteiger partial charge in [-0.2, -0.15) is 0 Å². The van der Waals surface area contributed by atoms with Gasteiger partial charge >= 0.3 is 0 Å². The molecule has 0 atom stereocenters. The highest BCUT2D eigenvalue weighted by molar-refractivity contribution is 5.94. The lowest BCUT2D eigenvalue weighted by atomic mass is 10.1. The molecule has 3 aromatic heterocycles. The van der Waals surface area contributed by atoms with Crippen LogP contribution in [-0.4, -0.2) is 109 Å². The number of piperazine rings is 1. The summed E-state index contributed by atoms with van der Waals surface area (Å²) in [6, 6.07) is 12.5. The Balaban J connectivity index is 1.05. The van der Waals surface area contributed by atoms with Crippen molar-refractivity contribution < 1.29 is 9.53 Å². The highest BCUT2D eigenvalue weighted by atomic mass is 16.5. The number of likely N-dealkylation sites (N-methyl/N-ethyl adjacent to an activating group) is 1. The van der Waals surface area contributed by atoms with Crippen LogP contribution in [0.3, 0.4) is 0 Å². The number of aromatic amines is 1. The lowest BCUT2D eigenvalue weighted by molar-refractivity contribution is -0.126. The molecule has 2 aliphatic heterocycles. The molecule has 0 radical (unpaired) electrons. The van der Waals surface area contributed by atoms with E-state index in [2.05, 4.69) is 65.4 Å². The van der Waals surface area contributed by atoms with Crippen LogP contribution in [0.5, 0.6) is 0 Å². The number of carbonyl (C=O) groups excluding carboxylic acids is 1. The van der Waals surface area contributed by atoms with Gasteiger partial charge in [-0.15, -0.1) is 0 Å². The van der Waals surface area contributed by atoms with Gasteiger partial charge in [-0.1, -0.05) is 18.2 Å². The van der Waals surface area contributed by atoms with Crippen molar-refractivity contribution in [2.45, 2.75) is 0 Å². The molecule has 2 N–H and O–H groups in total. The number of aromatic nitrogens is 4. The number of amides is 1. The molecular weight excluding hydrogens is 530 g/mol. The van der Waals surface area contributed by atoms with E-state index in [1.54, 1.807) is 18.5 Å². The topological polar surface area (TPSA) is 106 Å². The quantitative estimate of drug-likeness (QED) is 0.310. The van der Waals surface area contributed by atoms with E-state index in [0.717, 1.165) is 72.2 Å². The SMILES string of the molecule is CN(C)C/C=C/C(=O)N1CCN(c2ncc(Nc3ccc(-c4cc5c(N6CCOCC6)nccc5[nH]4)cc3)cn2)CC1. The van der Waals surface area contributed by atoms with Gasteiger partial charge in [-0.25, -0.2) is 15.0 Å². The van der Waals surface area contributed by atoms with Gasteiger partial charge in [-0.3, -0.25) is 4.79 Å². The Hall–Kier alpha value is -4.48. The molecule has 2 fully saturated rings. The van der Waals surface area contributed by atoms with Crippen LogP contribution < -0.4 is 15.1 Å². The number of anilines is 4. The van der Waals surface area contributed by atoms with Gasteiger partial charge in [-0.05, 0) is 43.9 Å². The van der Waals surface area contributed by atoms with Gasteiger partial charge in [0.15, 0.2) is 0 Å². The molecule has 0 saturated carbocycles. The Kier molecular flexibility index (Phi) is 8.29. The van der Waals surface area contributed by atoms with Gasteiger partial charge in [0.1, 0.15) is 5.82 Å². The minimum Gasteiger partial charge on any atom is -0.378 e. The van der Waals surface area contributed by atoms with E-state index in [4.69, 9.17) is 4.74 Å². The number of ether oxygens (including phenoxy) is 1. The number of nitrogens with one attached hydrogen (secondary N) is 2. The first-order valence-electron chi connectivity index (χ1n) is 14.4. The van der Waals surface area contributed by atoms with E-state index < -0.39 is 0 Å². The van der Waals surface area contributed by atoms with E-state index in [9.17, 15) is 4.79 Å². The summed E-state index contributed by atoms with van der Waals surface area (Å²) < 4.78 is 5.51. The van der Waals surface area contributed by atoms with E-state index in [-0.39, 0.29) is 5.91 Å². The molecule has 42 heavy (non-hydrogen) atoms. The van der Waals surface area contributed by atoms with Crippen LogP contribution in [0.1, 0.15) is 0 Å². The zero-order valence-corrected chi connectivity index (χ0v) is 24.2. The molecular formula is C31H37N9O2. The molecule has 6 rings (SSSR count). The summed E-state index contributed by atoms with van der Waals surface area (Å²) in [4.78, 5) is 38.1. The maximum Gasteiger partial charge on any atom is 0.246 e. The van der Waals surface area contributed by atoms with Crippen LogP contribution in [0.15, 0.2) is 67.1 Å². The summed E-state index contributed by atoms with van der Waals surface area (Å²) in [6.07, 6.45) is 9.03. The minimum atomic E-state index is 0.0577. The number of hydrogen-bond acceptors (Lipinski definition) is 9. The highest BCUT2D eigenvalue weighted by Gasteiger charge is 2.21. The third kappa shape index (κ3) is 6.37. The van der Waals surface area contributed by atoms with Gasteiger partial charge in [0.25, 0.3) is 0 Å². The smallest absolute Gasteiger partial charge is 0.246 e. The Bertz CT molecular complexity index is 1520. The van der Waals surface area contributed by atoms with Gasteiger partial charge < -0.3 is 34.6 Å². The Labute approximate surface area is 245 Å². The number of carbonyl (C=O) groups is 1. The summed E-state index contributed by atoms with van der Waals surface area (Å²) in [6.45, 7) is 6.64. The zero-order valence-electron chi connectivity index (χ0n) is 24.2. The standard InChI is InChI=1S/C31H37N9O2/c1-37(2)11-3-4-29(41)38-12-14-40(15-13-38)31-33-21-25(22-34-31)35-24-7-5-23(6-8-24)28-20-26-27(36-28)9-10-32-30(26)39-16-18-42-19-17-39/h3-10,20-22,35-36H,11-19H2,1-2H3/b4-3+. The van der Waals surface area contributed by atoms with Crippen molar-refractivity contribution in [1.82, 2.24) is 29.7 Å². The lowest BCUT2D eigenvalue weighted by Gasteiger charge is -2.34. The molecule has 0 spiro atoms. The van der Waals surface area contributed by atoms with Crippen molar-refractivity contribution >= 4 is 40.0 Å². The number of H-pyrrole nitrogens is 1. The Morgan fingerprint density at radius 2 is 1.69 bits per heavy atom. The van der Waals surface area contributed by atoms with E-state index >= 15 is 0 Å². The van der Waals surface area contributed by atoms with Crippen molar-refractivity contribution in [2.75, 3.05) is 88.2 Å². The largest absolute Gasteiger partial charge is 0.378 e. The van der Waals surface area contributed by atoms with Crippen LogP contribution in [0.25, 0.3) is 22.2 Å². The normalized spacial score (nSPS) is 16.1. The molecule has 0 aliphatic carbocycles. The molecule has 0 unspecified atom stereocenters. The minimum absolute atomic E-state index is 0.0577.